The minimum Gasteiger partial charge on any atom is -0.318 e. The number of amides is 2. The summed E-state index contributed by atoms with van der Waals surface area (Å²) in [5, 5.41) is 4.54. The fraction of sp³-hybridized carbons (Fsp3) is 0. The second-order valence-corrected chi connectivity index (χ2v) is 9.96. The molecular weight excluding hydrogens is 427 g/mol. The van der Waals surface area contributed by atoms with Gasteiger partial charge in [0.15, 0.2) is 0 Å². The van der Waals surface area contributed by atoms with E-state index in [1.807, 2.05) is 0 Å². The van der Waals surface area contributed by atoms with Crippen molar-refractivity contribution in [2.24, 2.45) is 0 Å². The van der Waals surface area contributed by atoms with E-state index in [-0.39, 0.29) is 21.2 Å². The Kier molecular flexibility index (Phi) is 5.91. The number of rotatable bonds is 4. The quantitative estimate of drug-likeness (QED) is 0.558. The van der Waals surface area contributed by atoms with Gasteiger partial charge in [0.2, 0.25) is 0 Å². The maximum atomic E-state index is 11.8. The molecule has 0 bridgehead atoms. The number of hydrogen-bond acceptors (Lipinski definition) is 6. The summed E-state index contributed by atoms with van der Waals surface area (Å²) in [7, 11) is 2.56. The van der Waals surface area contributed by atoms with Crippen molar-refractivity contribution in [2.45, 2.75) is 9.79 Å². The van der Waals surface area contributed by atoms with Crippen LogP contribution in [0.2, 0.25) is 0 Å². The van der Waals surface area contributed by atoms with Gasteiger partial charge in [-0.25, -0.2) is 16.8 Å². The molecule has 0 aliphatic carbocycles. The summed E-state index contributed by atoms with van der Waals surface area (Å²) in [6.45, 7) is 0. The van der Waals surface area contributed by atoms with Crippen LogP contribution in [0.5, 0.6) is 0 Å². The van der Waals surface area contributed by atoms with Crippen LogP contribution in [-0.4, -0.2) is 28.6 Å². The third-order valence-electron chi connectivity index (χ3n) is 2.99. The summed E-state index contributed by atoms with van der Waals surface area (Å²) in [6, 6.07) is 9.73. The minimum atomic E-state index is -3.89. The van der Waals surface area contributed by atoms with E-state index in [1.54, 1.807) is 0 Å². The van der Waals surface area contributed by atoms with Gasteiger partial charge < -0.3 is 10.6 Å². The van der Waals surface area contributed by atoms with Crippen molar-refractivity contribution in [3.8, 4) is 0 Å². The molecule has 2 aromatic rings. The molecule has 0 aliphatic rings. The molecule has 0 atom stereocenters. The Labute approximate surface area is 158 Å². The lowest BCUT2D eigenvalue weighted by Crippen LogP contribution is -2.29. The predicted octanol–water partition coefficient (Wildman–Crippen LogP) is 2.12. The second kappa shape index (κ2) is 7.62. The number of carbonyl (C=O) groups is 2. The molecule has 0 saturated carbocycles. The number of hydrogen-bond donors (Lipinski definition) is 2. The molecule has 8 nitrogen and oxygen atoms in total. The van der Waals surface area contributed by atoms with Crippen LogP contribution in [0.25, 0.3) is 0 Å². The van der Waals surface area contributed by atoms with E-state index in [0.29, 0.717) is 0 Å². The zero-order chi connectivity index (χ0) is 19.5. The Hall–Kier alpha value is -2.14. The number of benzene rings is 2. The number of anilines is 2. The fourth-order valence-electron chi connectivity index (χ4n) is 1.78. The standard InChI is InChI=1S/C14H10Cl2N2O6S2/c15-25(21,22)11-5-1-9(2-6-11)17-13(19)14(20)18-10-3-7-12(8-4-10)26(16,23)24/h1-8H,(H,17,19)(H,18,20). The molecule has 0 radical (unpaired) electrons. The monoisotopic (exact) mass is 436 g/mol. The summed E-state index contributed by atoms with van der Waals surface area (Å²) >= 11 is 0. The first-order valence-corrected chi connectivity index (χ1v) is 11.3. The Bertz CT molecular complexity index is 962. The SMILES string of the molecule is O=C(Nc1ccc(S(=O)(=O)Cl)cc1)C(=O)Nc1ccc(S(=O)(=O)Cl)cc1. The maximum absolute atomic E-state index is 11.8. The summed E-state index contributed by atoms with van der Waals surface area (Å²) in [5.74, 6) is -2.03. The van der Waals surface area contributed by atoms with Gasteiger partial charge in [0.25, 0.3) is 18.1 Å². The van der Waals surface area contributed by atoms with Gasteiger partial charge in [-0.05, 0) is 48.5 Å². The Morgan fingerprint density at radius 3 is 1.12 bits per heavy atom. The lowest BCUT2D eigenvalue weighted by Gasteiger charge is -2.07. The molecule has 2 rings (SSSR count). The van der Waals surface area contributed by atoms with Crippen molar-refractivity contribution in [1.29, 1.82) is 0 Å². The van der Waals surface area contributed by atoms with E-state index in [4.69, 9.17) is 21.4 Å². The summed E-state index contributed by atoms with van der Waals surface area (Å²) in [6.07, 6.45) is 0. The third-order valence-corrected chi connectivity index (χ3v) is 5.73. The molecule has 12 heteroatoms. The van der Waals surface area contributed by atoms with Gasteiger partial charge in [0.1, 0.15) is 0 Å². The average molecular weight is 437 g/mol. The molecule has 0 saturated heterocycles. The zero-order valence-electron chi connectivity index (χ0n) is 12.6. The van der Waals surface area contributed by atoms with E-state index < -0.39 is 29.9 Å². The first kappa shape index (κ1) is 20.2. The lowest BCUT2D eigenvalue weighted by atomic mass is 10.3. The molecule has 0 unspecified atom stereocenters. The van der Waals surface area contributed by atoms with Crippen molar-refractivity contribution >= 4 is 62.7 Å². The van der Waals surface area contributed by atoms with E-state index in [1.165, 1.54) is 48.5 Å². The van der Waals surface area contributed by atoms with E-state index >= 15 is 0 Å². The van der Waals surface area contributed by atoms with Crippen molar-refractivity contribution < 1.29 is 26.4 Å². The van der Waals surface area contributed by atoms with Crippen LogP contribution >= 0.6 is 21.4 Å². The topological polar surface area (TPSA) is 126 Å². The van der Waals surface area contributed by atoms with Crippen LogP contribution in [0, 0.1) is 0 Å². The molecule has 138 valence electrons. The van der Waals surface area contributed by atoms with Crippen LogP contribution in [0.1, 0.15) is 0 Å². The molecule has 2 N–H and O–H groups in total. The molecule has 2 amide bonds. The molecule has 0 aromatic heterocycles. The lowest BCUT2D eigenvalue weighted by molar-refractivity contribution is -0.132. The van der Waals surface area contributed by atoms with Crippen LogP contribution in [0.15, 0.2) is 58.3 Å². The van der Waals surface area contributed by atoms with Crippen LogP contribution in [0.4, 0.5) is 11.4 Å². The number of carbonyl (C=O) groups excluding carboxylic acids is 2. The maximum Gasteiger partial charge on any atom is 0.314 e. The Morgan fingerprint density at radius 1 is 0.615 bits per heavy atom. The molecular formula is C14H10Cl2N2O6S2. The summed E-state index contributed by atoms with van der Waals surface area (Å²) in [5.41, 5.74) is 0.357. The first-order valence-electron chi connectivity index (χ1n) is 6.68. The van der Waals surface area contributed by atoms with Crippen molar-refractivity contribution in [1.82, 2.24) is 0 Å². The van der Waals surface area contributed by atoms with E-state index in [2.05, 4.69) is 10.6 Å². The number of nitrogens with one attached hydrogen (secondary N) is 2. The van der Waals surface area contributed by atoms with Crippen molar-refractivity contribution in [2.75, 3.05) is 10.6 Å². The van der Waals surface area contributed by atoms with E-state index in [9.17, 15) is 26.4 Å². The smallest absolute Gasteiger partial charge is 0.314 e. The molecule has 2 aromatic carbocycles. The molecule has 0 spiro atoms. The first-order chi connectivity index (χ1) is 12.0. The normalized spacial score (nSPS) is 11.6. The van der Waals surface area contributed by atoms with Gasteiger partial charge >= 0.3 is 11.8 Å². The van der Waals surface area contributed by atoms with Crippen LogP contribution < -0.4 is 10.6 Å². The molecule has 26 heavy (non-hydrogen) atoms. The summed E-state index contributed by atoms with van der Waals surface area (Å²) < 4.78 is 44.5. The Balaban J connectivity index is 2.02. The van der Waals surface area contributed by atoms with Crippen LogP contribution in [0.3, 0.4) is 0 Å². The van der Waals surface area contributed by atoms with Gasteiger partial charge in [0, 0.05) is 32.7 Å². The van der Waals surface area contributed by atoms with Gasteiger partial charge in [0.05, 0.1) is 9.79 Å². The molecule has 0 fully saturated rings. The van der Waals surface area contributed by atoms with Gasteiger partial charge in [-0.3, -0.25) is 9.59 Å². The second-order valence-electron chi connectivity index (χ2n) is 4.83. The highest BCUT2D eigenvalue weighted by Crippen LogP contribution is 2.19. The summed E-state index contributed by atoms with van der Waals surface area (Å²) in [4.78, 5) is 23.4. The highest BCUT2D eigenvalue weighted by Gasteiger charge is 2.16. The van der Waals surface area contributed by atoms with Crippen molar-refractivity contribution in [3.63, 3.8) is 0 Å². The highest BCUT2D eigenvalue weighted by atomic mass is 35.7. The largest absolute Gasteiger partial charge is 0.318 e. The third kappa shape index (κ3) is 5.43. The molecule has 0 heterocycles. The predicted molar refractivity (Wildman–Crippen MR) is 96.2 cm³/mol. The average Bonchev–Trinajstić information content (AvgIpc) is 2.54. The number of halogens is 2. The Morgan fingerprint density at radius 2 is 0.885 bits per heavy atom. The van der Waals surface area contributed by atoms with Gasteiger partial charge in [-0.2, -0.15) is 0 Å². The van der Waals surface area contributed by atoms with E-state index in [0.717, 1.165) is 0 Å². The fourth-order valence-corrected chi connectivity index (χ4v) is 3.32. The zero-order valence-corrected chi connectivity index (χ0v) is 15.8. The van der Waals surface area contributed by atoms with Crippen LogP contribution in [-0.2, 0) is 27.7 Å². The highest BCUT2D eigenvalue weighted by molar-refractivity contribution is 8.14. The van der Waals surface area contributed by atoms with Gasteiger partial charge in [-0.1, -0.05) is 0 Å². The van der Waals surface area contributed by atoms with Gasteiger partial charge in [-0.15, -0.1) is 0 Å². The minimum absolute atomic E-state index is 0.157. The van der Waals surface area contributed by atoms with Crippen molar-refractivity contribution in [3.05, 3.63) is 48.5 Å². The molecule has 0 aliphatic heterocycles.